The highest BCUT2D eigenvalue weighted by Crippen LogP contribution is 2.28. The molecular weight excluding hydrogens is 261 g/mol. The molecule has 100 valence electrons. The Kier molecular flexibility index (Phi) is 4.56. The smallest absolute Gasteiger partial charge is 0.123 e. The standard InChI is InChI=1S/C16H17ClFN/c1-3-19-10-13-8-12(5-7-16(13)17)15-9-14(18)6-4-11(15)2/h4-9,19H,3,10H2,1-2H3. The van der Waals surface area contributed by atoms with E-state index in [0.717, 1.165) is 40.4 Å². The first-order valence-corrected chi connectivity index (χ1v) is 6.75. The summed E-state index contributed by atoms with van der Waals surface area (Å²) in [4.78, 5) is 0. The number of benzene rings is 2. The molecule has 2 rings (SSSR count). The van der Waals surface area contributed by atoms with Crippen molar-refractivity contribution in [3.63, 3.8) is 0 Å². The van der Waals surface area contributed by atoms with Crippen molar-refractivity contribution in [2.45, 2.75) is 20.4 Å². The van der Waals surface area contributed by atoms with Gasteiger partial charge in [0.15, 0.2) is 0 Å². The molecule has 1 nitrogen and oxygen atoms in total. The Bertz CT molecular complexity index is 581. The van der Waals surface area contributed by atoms with Gasteiger partial charge >= 0.3 is 0 Å². The van der Waals surface area contributed by atoms with Gasteiger partial charge in [-0.15, -0.1) is 0 Å². The van der Waals surface area contributed by atoms with Crippen LogP contribution >= 0.6 is 11.6 Å². The van der Waals surface area contributed by atoms with E-state index in [1.807, 2.05) is 25.1 Å². The molecule has 0 saturated heterocycles. The minimum Gasteiger partial charge on any atom is -0.313 e. The van der Waals surface area contributed by atoms with Crippen LogP contribution in [0.4, 0.5) is 4.39 Å². The zero-order valence-corrected chi connectivity index (χ0v) is 11.9. The second-order valence-corrected chi connectivity index (χ2v) is 4.95. The van der Waals surface area contributed by atoms with E-state index in [-0.39, 0.29) is 5.82 Å². The molecule has 1 N–H and O–H groups in total. The van der Waals surface area contributed by atoms with Crippen LogP contribution in [-0.2, 0) is 6.54 Å². The summed E-state index contributed by atoms with van der Waals surface area (Å²) in [6.07, 6.45) is 0. The lowest BCUT2D eigenvalue weighted by Gasteiger charge is -2.10. The molecule has 0 aromatic heterocycles. The van der Waals surface area contributed by atoms with Crippen molar-refractivity contribution >= 4 is 11.6 Å². The SMILES string of the molecule is CCNCc1cc(-c2cc(F)ccc2C)ccc1Cl. The van der Waals surface area contributed by atoms with Crippen LogP contribution in [0.2, 0.25) is 5.02 Å². The average Bonchev–Trinajstić information content (AvgIpc) is 2.41. The van der Waals surface area contributed by atoms with Gasteiger partial charge in [0.05, 0.1) is 0 Å². The predicted octanol–water partition coefficient (Wildman–Crippen LogP) is 4.56. The Hall–Kier alpha value is -1.38. The summed E-state index contributed by atoms with van der Waals surface area (Å²) >= 11 is 6.18. The molecule has 0 heterocycles. The van der Waals surface area contributed by atoms with Crippen molar-refractivity contribution in [1.29, 1.82) is 0 Å². The van der Waals surface area contributed by atoms with Gasteiger partial charge in [0, 0.05) is 11.6 Å². The Morgan fingerprint density at radius 1 is 1.16 bits per heavy atom. The van der Waals surface area contributed by atoms with Crippen LogP contribution in [0.5, 0.6) is 0 Å². The fraction of sp³-hybridized carbons (Fsp3) is 0.250. The van der Waals surface area contributed by atoms with Crippen molar-refractivity contribution in [2.24, 2.45) is 0 Å². The minimum atomic E-state index is -0.219. The number of halogens is 2. The number of hydrogen-bond acceptors (Lipinski definition) is 1. The summed E-state index contributed by atoms with van der Waals surface area (Å²) in [6.45, 7) is 5.64. The van der Waals surface area contributed by atoms with E-state index < -0.39 is 0 Å². The maximum absolute atomic E-state index is 13.4. The number of nitrogens with one attached hydrogen (secondary N) is 1. The fourth-order valence-corrected chi connectivity index (χ4v) is 2.23. The largest absolute Gasteiger partial charge is 0.313 e. The van der Waals surface area contributed by atoms with E-state index in [4.69, 9.17) is 11.6 Å². The molecule has 2 aromatic carbocycles. The minimum absolute atomic E-state index is 0.219. The third-order valence-corrected chi connectivity index (χ3v) is 3.49. The maximum atomic E-state index is 13.4. The van der Waals surface area contributed by atoms with E-state index in [1.54, 1.807) is 12.1 Å². The van der Waals surface area contributed by atoms with Crippen molar-refractivity contribution in [3.8, 4) is 11.1 Å². The highest BCUT2D eigenvalue weighted by Gasteiger charge is 2.07. The first-order chi connectivity index (χ1) is 9.11. The monoisotopic (exact) mass is 277 g/mol. The molecule has 0 spiro atoms. The van der Waals surface area contributed by atoms with Crippen LogP contribution in [0.15, 0.2) is 36.4 Å². The summed E-state index contributed by atoms with van der Waals surface area (Å²) in [5.74, 6) is -0.219. The van der Waals surface area contributed by atoms with Crippen LogP contribution in [0.1, 0.15) is 18.1 Å². The number of aryl methyl sites for hydroxylation is 1. The van der Waals surface area contributed by atoms with Gasteiger partial charge < -0.3 is 5.32 Å². The van der Waals surface area contributed by atoms with Gasteiger partial charge in [-0.05, 0) is 60.0 Å². The lowest BCUT2D eigenvalue weighted by molar-refractivity contribution is 0.628. The fourth-order valence-electron chi connectivity index (χ4n) is 2.04. The Morgan fingerprint density at radius 3 is 2.68 bits per heavy atom. The summed E-state index contributed by atoms with van der Waals surface area (Å²) in [5.41, 5.74) is 3.99. The molecule has 0 bridgehead atoms. The molecule has 0 aliphatic rings. The number of hydrogen-bond donors (Lipinski definition) is 1. The third kappa shape index (κ3) is 3.34. The van der Waals surface area contributed by atoms with Gasteiger partial charge in [0.25, 0.3) is 0 Å². The topological polar surface area (TPSA) is 12.0 Å². The first-order valence-electron chi connectivity index (χ1n) is 6.37. The van der Waals surface area contributed by atoms with Crippen molar-refractivity contribution in [1.82, 2.24) is 5.32 Å². The first kappa shape index (κ1) is 14.0. The molecule has 0 radical (unpaired) electrons. The van der Waals surface area contributed by atoms with Crippen LogP contribution in [0, 0.1) is 12.7 Å². The van der Waals surface area contributed by atoms with Crippen LogP contribution in [-0.4, -0.2) is 6.54 Å². The third-order valence-electron chi connectivity index (χ3n) is 3.12. The summed E-state index contributed by atoms with van der Waals surface area (Å²) in [7, 11) is 0. The molecule has 19 heavy (non-hydrogen) atoms. The van der Waals surface area contributed by atoms with Crippen molar-refractivity contribution in [3.05, 3.63) is 58.4 Å². The molecular formula is C16H17ClFN. The van der Waals surface area contributed by atoms with E-state index >= 15 is 0 Å². The molecule has 0 atom stereocenters. The Morgan fingerprint density at radius 2 is 1.95 bits per heavy atom. The quantitative estimate of drug-likeness (QED) is 0.864. The molecule has 0 unspecified atom stereocenters. The molecule has 0 amide bonds. The lowest BCUT2D eigenvalue weighted by atomic mass is 9.98. The average molecular weight is 278 g/mol. The van der Waals surface area contributed by atoms with Crippen molar-refractivity contribution < 1.29 is 4.39 Å². The van der Waals surface area contributed by atoms with Gasteiger partial charge in [-0.2, -0.15) is 0 Å². The van der Waals surface area contributed by atoms with Gasteiger partial charge in [-0.25, -0.2) is 4.39 Å². The second kappa shape index (κ2) is 6.18. The van der Waals surface area contributed by atoms with E-state index in [9.17, 15) is 4.39 Å². The molecule has 2 aromatic rings. The predicted molar refractivity (Wildman–Crippen MR) is 79.0 cm³/mol. The zero-order chi connectivity index (χ0) is 13.8. The van der Waals surface area contributed by atoms with E-state index in [1.165, 1.54) is 6.07 Å². The molecule has 0 fully saturated rings. The highest BCUT2D eigenvalue weighted by molar-refractivity contribution is 6.31. The van der Waals surface area contributed by atoms with Crippen LogP contribution in [0.25, 0.3) is 11.1 Å². The summed E-state index contributed by atoms with van der Waals surface area (Å²) < 4.78 is 13.4. The van der Waals surface area contributed by atoms with E-state index in [0.29, 0.717) is 0 Å². The molecule has 0 saturated carbocycles. The normalized spacial score (nSPS) is 10.7. The number of rotatable bonds is 4. The lowest BCUT2D eigenvalue weighted by Crippen LogP contribution is -2.12. The molecule has 0 aliphatic carbocycles. The molecule has 3 heteroatoms. The Balaban J connectivity index is 2.42. The Labute approximate surface area is 118 Å². The highest BCUT2D eigenvalue weighted by atomic mass is 35.5. The van der Waals surface area contributed by atoms with Gasteiger partial charge in [-0.3, -0.25) is 0 Å². The van der Waals surface area contributed by atoms with E-state index in [2.05, 4.69) is 12.2 Å². The van der Waals surface area contributed by atoms with Crippen LogP contribution < -0.4 is 5.32 Å². The summed E-state index contributed by atoms with van der Waals surface area (Å²) in [5, 5.41) is 3.99. The van der Waals surface area contributed by atoms with Gasteiger partial charge in [-0.1, -0.05) is 30.7 Å². The van der Waals surface area contributed by atoms with Crippen molar-refractivity contribution in [2.75, 3.05) is 6.54 Å². The summed E-state index contributed by atoms with van der Waals surface area (Å²) in [6, 6.07) is 10.7. The molecule has 0 aliphatic heterocycles. The zero-order valence-electron chi connectivity index (χ0n) is 11.1. The second-order valence-electron chi connectivity index (χ2n) is 4.55. The van der Waals surface area contributed by atoms with Gasteiger partial charge in [0.2, 0.25) is 0 Å². The van der Waals surface area contributed by atoms with Crippen LogP contribution in [0.3, 0.4) is 0 Å². The maximum Gasteiger partial charge on any atom is 0.123 e. The van der Waals surface area contributed by atoms with Gasteiger partial charge in [0.1, 0.15) is 5.82 Å².